The number of carbonyl (C=O) groups excluding carboxylic acids is 2. The van der Waals surface area contributed by atoms with Crippen molar-refractivity contribution in [3.8, 4) is 11.5 Å². The third-order valence-electron chi connectivity index (χ3n) is 3.56. The first-order valence-corrected chi connectivity index (χ1v) is 7.91. The third kappa shape index (κ3) is 4.73. The molecule has 0 heterocycles. The summed E-state index contributed by atoms with van der Waals surface area (Å²) in [5, 5.41) is 2.71. The first-order chi connectivity index (χ1) is 11.9. The Bertz CT molecular complexity index is 772. The van der Waals surface area contributed by atoms with E-state index < -0.39 is 0 Å². The highest BCUT2D eigenvalue weighted by Crippen LogP contribution is 2.25. The number of amides is 1. The van der Waals surface area contributed by atoms with Gasteiger partial charge in [-0.05, 0) is 30.3 Å². The molecule has 0 aliphatic heterocycles. The number of carbonyl (C=O) groups is 2. The summed E-state index contributed by atoms with van der Waals surface area (Å²) >= 11 is 0. The molecule has 0 aliphatic rings. The number of benzene rings is 2. The Morgan fingerprint density at radius 3 is 2.48 bits per heavy atom. The Kier molecular flexibility index (Phi) is 6.00. The van der Waals surface area contributed by atoms with Gasteiger partial charge < -0.3 is 20.5 Å². The van der Waals surface area contributed by atoms with Crippen LogP contribution in [0.2, 0.25) is 0 Å². The standard InChI is InChI=1S/C19H22N2O4/c1-12(2)19(23)13-8-9-16(14(20)10-13)25-11-18(22)21-15-6-4-5-7-17(15)24-3/h4-10,12H,11,20H2,1-3H3,(H,21,22). The fourth-order valence-corrected chi connectivity index (χ4v) is 2.24. The maximum absolute atomic E-state index is 12.0. The van der Waals surface area contributed by atoms with E-state index in [1.54, 1.807) is 36.4 Å². The molecule has 0 radical (unpaired) electrons. The summed E-state index contributed by atoms with van der Waals surface area (Å²) in [6.07, 6.45) is 0. The number of nitrogens with two attached hydrogens (primary N) is 1. The van der Waals surface area contributed by atoms with Gasteiger partial charge in [0.2, 0.25) is 0 Å². The first-order valence-electron chi connectivity index (χ1n) is 7.91. The maximum Gasteiger partial charge on any atom is 0.262 e. The molecule has 0 fully saturated rings. The normalized spacial score (nSPS) is 10.4. The summed E-state index contributed by atoms with van der Waals surface area (Å²) < 4.78 is 10.6. The average molecular weight is 342 g/mol. The Balaban J connectivity index is 1.99. The monoisotopic (exact) mass is 342 g/mol. The van der Waals surface area contributed by atoms with Gasteiger partial charge in [0, 0.05) is 11.5 Å². The highest BCUT2D eigenvalue weighted by Gasteiger charge is 2.13. The van der Waals surface area contributed by atoms with Crippen molar-refractivity contribution >= 4 is 23.1 Å². The number of methoxy groups -OCH3 is 1. The molecule has 6 nitrogen and oxygen atoms in total. The van der Waals surface area contributed by atoms with E-state index >= 15 is 0 Å². The van der Waals surface area contributed by atoms with Gasteiger partial charge in [0.25, 0.3) is 5.91 Å². The molecular formula is C19H22N2O4. The molecule has 132 valence electrons. The van der Waals surface area contributed by atoms with Gasteiger partial charge in [0.1, 0.15) is 11.5 Å². The van der Waals surface area contributed by atoms with Gasteiger partial charge in [0.05, 0.1) is 18.5 Å². The van der Waals surface area contributed by atoms with Crippen LogP contribution in [0.25, 0.3) is 0 Å². The lowest BCUT2D eigenvalue weighted by atomic mass is 10.0. The Hall–Kier alpha value is -3.02. The number of ether oxygens (including phenoxy) is 2. The molecule has 1 amide bonds. The number of nitrogen functional groups attached to an aromatic ring is 1. The van der Waals surface area contributed by atoms with Gasteiger partial charge in [0.15, 0.2) is 12.4 Å². The lowest BCUT2D eigenvalue weighted by molar-refractivity contribution is -0.118. The van der Waals surface area contributed by atoms with E-state index in [2.05, 4.69) is 5.32 Å². The summed E-state index contributed by atoms with van der Waals surface area (Å²) in [5.74, 6) is 0.471. The van der Waals surface area contributed by atoms with Crippen LogP contribution >= 0.6 is 0 Å². The average Bonchev–Trinajstić information content (AvgIpc) is 2.60. The van der Waals surface area contributed by atoms with Crippen molar-refractivity contribution in [2.75, 3.05) is 24.8 Å². The number of para-hydroxylation sites is 2. The summed E-state index contributed by atoms with van der Waals surface area (Å²) in [5.41, 5.74) is 7.32. The van der Waals surface area contributed by atoms with Crippen LogP contribution in [0.5, 0.6) is 11.5 Å². The number of hydrogen-bond donors (Lipinski definition) is 2. The molecule has 0 unspecified atom stereocenters. The lowest BCUT2D eigenvalue weighted by Gasteiger charge is -2.12. The number of anilines is 2. The van der Waals surface area contributed by atoms with E-state index in [0.29, 0.717) is 28.4 Å². The zero-order valence-electron chi connectivity index (χ0n) is 14.5. The van der Waals surface area contributed by atoms with Gasteiger partial charge in [-0.3, -0.25) is 9.59 Å². The van der Waals surface area contributed by atoms with E-state index in [1.807, 2.05) is 19.9 Å². The fraction of sp³-hybridized carbons (Fsp3) is 0.263. The molecule has 2 aromatic rings. The molecule has 3 N–H and O–H groups in total. The van der Waals surface area contributed by atoms with Crippen LogP contribution in [-0.4, -0.2) is 25.4 Å². The van der Waals surface area contributed by atoms with Crippen molar-refractivity contribution in [1.82, 2.24) is 0 Å². The molecular weight excluding hydrogens is 320 g/mol. The molecule has 0 atom stereocenters. The smallest absolute Gasteiger partial charge is 0.262 e. The molecule has 2 aromatic carbocycles. The van der Waals surface area contributed by atoms with Crippen LogP contribution in [0.15, 0.2) is 42.5 Å². The van der Waals surface area contributed by atoms with Gasteiger partial charge in [-0.2, -0.15) is 0 Å². The largest absolute Gasteiger partial charge is 0.495 e. The van der Waals surface area contributed by atoms with E-state index in [0.717, 1.165) is 0 Å². The van der Waals surface area contributed by atoms with Gasteiger partial charge >= 0.3 is 0 Å². The van der Waals surface area contributed by atoms with Gasteiger partial charge in [-0.15, -0.1) is 0 Å². The zero-order chi connectivity index (χ0) is 18.4. The number of Topliss-reactive ketones (excluding diaryl/α,β-unsaturated/α-hetero) is 1. The number of ketones is 1. The zero-order valence-corrected chi connectivity index (χ0v) is 14.5. The van der Waals surface area contributed by atoms with Gasteiger partial charge in [-0.25, -0.2) is 0 Å². The molecule has 2 rings (SSSR count). The summed E-state index contributed by atoms with van der Waals surface area (Å²) in [6.45, 7) is 3.44. The fourth-order valence-electron chi connectivity index (χ4n) is 2.24. The van der Waals surface area contributed by atoms with Crippen LogP contribution in [0, 0.1) is 5.92 Å². The molecule has 0 aliphatic carbocycles. The molecule has 0 saturated carbocycles. The molecule has 0 saturated heterocycles. The van der Waals surface area contributed by atoms with Crippen LogP contribution < -0.4 is 20.5 Å². The van der Waals surface area contributed by atoms with Crippen molar-refractivity contribution in [2.24, 2.45) is 5.92 Å². The van der Waals surface area contributed by atoms with Crippen molar-refractivity contribution < 1.29 is 19.1 Å². The summed E-state index contributed by atoms with van der Waals surface area (Å²) in [4.78, 5) is 24.0. The predicted octanol–water partition coefficient (Wildman–Crippen LogP) is 3.13. The number of rotatable bonds is 7. The molecule has 0 bridgehead atoms. The minimum absolute atomic E-state index is 0.00663. The molecule has 0 spiro atoms. The topological polar surface area (TPSA) is 90.6 Å². The van der Waals surface area contributed by atoms with E-state index in [1.165, 1.54) is 7.11 Å². The van der Waals surface area contributed by atoms with Crippen LogP contribution in [0.1, 0.15) is 24.2 Å². The number of nitrogens with one attached hydrogen (secondary N) is 1. The molecule has 0 aromatic heterocycles. The second-order valence-electron chi connectivity index (χ2n) is 5.81. The second-order valence-corrected chi connectivity index (χ2v) is 5.81. The van der Waals surface area contributed by atoms with E-state index in [9.17, 15) is 9.59 Å². The van der Waals surface area contributed by atoms with Crippen molar-refractivity contribution in [3.05, 3.63) is 48.0 Å². The highest BCUT2D eigenvalue weighted by molar-refractivity contribution is 5.98. The minimum Gasteiger partial charge on any atom is -0.495 e. The number of hydrogen-bond acceptors (Lipinski definition) is 5. The van der Waals surface area contributed by atoms with E-state index in [4.69, 9.17) is 15.2 Å². The van der Waals surface area contributed by atoms with Crippen LogP contribution in [-0.2, 0) is 4.79 Å². The molecule has 6 heteroatoms. The Morgan fingerprint density at radius 2 is 1.84 bits per heavy atom. The van der Waals surface area contributed by atoms with Crippen molar-refractivity contribution in [3.63, 3.8) is 0 Å². The van der Waals surface area contributed by atoms with Crippen LogP contribution in [0.4, 0.5) is 11.4 Å². The van der Waals surface area contributed by atoms with Gasteiger partial charge in [-0.1, -0.05) is 26.0 Å². The summed E-state index contributed by atoms with van der Waals surface area (Å²) in [6, 6.07) is 11.9. The Labute approximate surface area is 146 Å². The highest BCUT2D eigenvalue weighted by atomic mass is 16.5. The maximum atomic E-state index is 12.0. The first kappa shape index (κ1) is 18.3. The quantitative estimate of drug-likeness (QED) is 0.596. The molecule has 25 heavy (non-hydrogen) atoms. The van der Waals surface area contributed by atoms with Crippen LogP contribution in [0.3, 0.4) is 0 Å². The summed E-state index contributed by atoms with van der Waals surface area (Å²) in [7, 11) is 1.53. The Morgan fingerprint density at radius 1 is 1.12 bits per heavy atom. The third-order valence-corrected chi connectivity index (χ3v) is 3.56. The second kappa shape index (κ2) is 8.19. The predicted molar refractivity (Wildman–Crippen MR) is 97.1 cm³/mol. The van der Waals surface area contributed by atoms with Crippen molar-refractivity contribution in [1.29, 1.82) is 0 Å². The SMILES string of the molecule is COc1ccccc1NC(=O)COc1ccc(C(=O)C(C)C)cc1N. The van der Waals surface area contributed by atoms with E-state index in [-0.39, 0.29) is 24.2 Å². The minimum atomic E-state index is -0.341. The lowest BCUT2D eigenvalue weighted by Crippen LogP contribution is -2.21. The van der Waals surface area contributed by atoms with Crippen molar-refractivity contribution in [2.45, 2.75) is 13.8 Å².